The molecule has 2 aliphatic heterocycles. The Labute approximate surface area is 95.1 Å². The van der Waals surface area contributed by atoms with Gasteiger partial charge in [-0.1, -0.05) is 11.6 Å². The zero-order valence-corrected chi connectivity index (χ0v) is 9.74. The number of carbonyl (C=O) groups excluding carboxylic acids is 1. The summed E-state index contributed by atoms with van der Waals surface area (Å²) in [5.41, 5.74) is 1.37. The first-order chi connectivity index (χ1) is 7.36. The average molecular weight is 226 g/mol. The van der Waals surface area contributed by atoms with Gasteiger partial charge in [0.1, 0.15) is 0 Å². The van der Waals surface area contributed by atoms with Crippen LogP contribution in [0.15, 0.2) is 11.6 Å². The van der Waals surface area contributed by atoms with Crippen molar-refractivity contribution in [2.45, 2.75) is 24.5 Å². The van der Waals surface area contributed by atoms with Crippen LogP contribution in [-0.4, -0.2) is 36.5 Å². The molecule has 84 valence electrons. The van der Waals surface area contributed by atoms with Crippen LogP contribution < -0.4 is 10.6 Å². The summed E-state index contributed by atoms with van der Waals surface area (Å²) in [6.45, 7) is 2.74. The van der Waals surface area contributed by atoms with Crippen molar-refractivity contribution in [3.8, 4) is 0 Å². The van der Waals surface area contributed by atoms with Gasteiger partial charge >= 0.3 is 0 Å². The number of hydrogen-bond acceptors (Lipinski definition) is 3. The third kappa shape index (κ3) is 3.24. The van der Waals surface area contributed by atoms with E-state index in [0.717, 1.165) is 38.2 Å². The highest BCUT2D eigenvalue weighted by molar-refractivity contribution is 8.00. The second-order valence-electron chi connectivity index (χ2n) is 4.04. The monoisotopic (exact) mass is 226 g/mol. The fourth-order valence-corrected chi connectivity index (χ4v) is 3.11. The third-order valence-electron chi connectivity index (χ3n) is 2.87. The van der Waals surface area contributed by atoms with E-state index in [4.69, 9.17) is 0 Å². The molecule has 0 bridgehead atoms. The minimum absolute atomic E-state index is 0.215. The van der Waals surface area contributed by atoms with Gasteiger partial charge in [0.15, 0.2) is 0 Å². The number of nitrogens with one attached hydrogen (secondary N) is 2. The Hall–Kier alpha value is -0.480. The maximum absolute atomic E-state index is 11.7. The molecule has 4 heteroatoms. The molecule has 0 aromatic rings. The Bertz CT molecular complexity index is 259. The molecule has 0 aromatic heterocycles. The summed E-state index contributed by atoms with van der Waals surface area (Å²) in [7, 11) is 0. The van der Waals surface area contributed by atoms with Crippen LogP contribution >= 0.6 is 11.8 Å². The largest absolute Gasteiger partial charge is 0.351 e. The molecular weight excluding hydrogens is 208 g/mol. The van der Waals surface area contributed by atoms with Crippen LogP contribution in [0, 0.1) is 0 Å². The Morgan fingerprint density at radius 3 is 3.27 bits per heavy atom. The molecule has 0 saturated carbocycles. The van der Waals surface area contributed by atoms with Gasteiger partial charge in [0.25, 0.3) is 0 Å². The topological polar surface area (TPSA) is 41.1 Å². The summed E-state index contributed by atoms with van der Waals surface area (Å²) in [5.74, 6) is 1.38. The molecule has 2 rings (SSSR count). The van der Waals surface area contributed by atoms with Gasteiger partial charge in [0, 0.05) is 13.1 Å². The standard InChI is InChI=1S/C11H18N2OS/c14-11(10-2-1-7-15-10)13-8-9-3-5-12-6-4-9/h3,10,12H,1-2,4-8H2,(H,13,14). The van der Waals surface area contributed by atoms with E-state index in [1.54, 1.807) is 11.8 Å². The number of carbonyl (C=O) groups is 1. The maximum Gasteiger partial charge on any atom is 0.233 e. The SMILES string of the molecule is O=C(NCC1=CCNCC1)C1CCCS1. The molecule has 1 atom stereocenters. The summed E-state index contributed by atoms with van der Waals surface area (Å²) in [4.78, 5) is 11.7. The Morgan fingerprint density at radius 1 is 1.67 bits per heavy atom. The summed E-state index contributed by atoms with van der Waals surface area (Å²) < 4.78 is 0. The van der Waals surface area contributed by atoms with Crippen molar-refractivity contribution in [1.29, 1.82) is 0 Å². The van der Waals surface area contributed by atoms with Crippen molar-refractivity contribution in [2.24, 2.45) is 0 Å². The van der Waals surface area contributed by atoms with Gasteiger partial charge < -0.3 is 10.6 Å². The van der Waals surface area contributed by atoms with Crippen molar-refractivity contribution < 1.29 is 4.79 Å². The summed E-state index contributed by atoms with van der Waals surface area (Å²) in [5, 5.41) is 6.52. The lowest BCUT2D eigenvalue weighted by atomic mass is 10.1. The van der Waals surface area contributed by atoms with Crippen LogP contribution in [0.5, 0.6) is 0 Å². The van der Waals surface area contributed by atoms with E-state index >= 15 is 0 Å². The molecule has 0 spiro atoms. The molecule has 1 fully saturated rings. The first-order valence-corrected chi connectivity index (χ1v) is 6.69. The highest BCUT2D eigenvalue weighted by Gasteiger charge is 2.22. The van der Waals surface area contributed by atoms with Gasteiger partial charge in [-0.3, -0.25) is 4.79 Å². The summed E-state index contributed by atoms with van der Waals surface area (Å²) >= 11 is 1.79. The molecule has 0 aromatic carbocycles. The van der Waals surface area contributed by atoms with Gasteiger partial charge in [-0.25, -0.2) is 0 Å². The van der Waals surface area contributed by atoms with Crippen LogP contribution in [0.3, 0.4) is 0 Å². The van der Waals surface area contributed by atoms with Crippen LogP contribution in [0.2, 0.25) is 0 Å². The van der Waals surface area contributed by atoms with Gasteiger partial charge in [-0.2, -0.15) is 0 Å². The van der Waals surface area contributed by atoms with Gasteiger partial charge in [-0.15, -0.1) is 11.8 Å². The normalized spacial score (nSPS) is 26.1. The third-order valence-corrected chi connectivity index (χ3v) is 4.25. The minimum Gasteiger partial charge on any atom is -0.351 e. The highest BCUT2D eigenvalue weighted by atomic mass is 32.2. The molecule has 1 amide bonds. The van der Waals surface area contributed by atoms with E-state index in [9.17, 15) is 4.79 Å². The second kappa shape index (κ2) is 5.56. The minimum atomic E-state index is 0.215. The Balaban J connectivity index is 1.72. The number of thioether (sulfide) groups is 1. The molecule has 2 heterocycles. The van der Waals surface area contributed by atoms with Crippen LogP contribution in [-0.2, 0) is 4.79 Å². The van der Waals surface area contributed by atoms with Crippen molar-refractivity contribution in [1.82, 2.24) is 10.6 Å². The Morgan fingerprint density at radius 2 is 2.60 bits per heavy atom. The lowest BCUT2D eigenvalue weighted by molar-refractivity contribution is -0.120. The summed E-state index contributed by atoms with van der Waals surface area (Å²) in [6.07, 6.45) is 5.50. The smallest absolute Gasteiger partial charge is 0.233 e. The number of amides is 1. The average Bonchev–Trinajstić information content (AvgIpc) is 2.81. The van der Waals surface area contributed by atoms with E-state index in [2.05, 4.69) is 16.7 Å². The molecule has 2 aliphatic rings. The van der Waals surface area contributed by atoms with Gasteiger partial charge in [0.05, 0.1) is 5.25 Å². The summed E-state index contributed by atoms with van der Waals surface area (Å²) in [6, 6.07) is 0. The van der Waals surface area contributed by atoms with E-state index in [0.29, 0.717) is 0 Å². The van der Waals surface area contributed by atoms with Crippen LogP contribution in [0.1, 0.15) is 19.3 Å². The first-order valence-electron chi connectivity index (χ1n) is 5.64. The number of rotatable bonds is 3. The van der Waals surface area contributed by atoms with Gasteiger partial charge in [0.2, 0.25) is 5.91 Å². The quantitative estimate of drug-likeness (QED) is 0.703. The van der Waals surface area contributed by atoms with E-state index in [-0.39, 0.29) is 11.2 Å². The molecule has 0 radical (unpaired) electrons. The molecular formula is C11H18N2OS. The Kier molecular flexibility index (Phi) is 4.09. The fraction of sp³-hybridized carbons (Fsp3) is 0.727. The van der Waals surface area contributed by atoms with E-state index in [1.165, 1.54) is 12.0 Å². The van der Waals surface area contributed by atoms with Crippen molar-refractivity contribution >= 4 is 17.7 Å². The van der Waals surface area contributed by atoms with E-state index < -0.39 is 0 Å². The van der Waals surface area contributed by atoms with Gasteiger partial charge in [-0.05, 0) is 31.6 Å². The molecule has 3 nitrogen and oxygen atoms in total. The molecule has 2 N–H and O–H groups in total. The van der Waals surface area contributed by atoms with Crippen molar-refractivity contribution in [2.75, 3.05) is 25.4 Å². The predicted molar refractivity (Wildman–Crippen MR) is 64.1 cm³/mol. The molecule has 0 aliphatic carbocycles. The molecule has 1 unspecified atom stereocenters. The zero-order chi connectivity index (χ0) is 10.5. The van der Waals surface area contributed by atoms with Crippen LogP contribution in [0.4, 0.5) is 0 Å². The fourth-order valence-electron chi connectivity index (χ4n) is 1.93. The van der Waals surface area contributed by atoms with Crippen molar-refractivity contribution in [3.05, 3.63) is 11.6 Å². The predicted octanol–water partition coefficient (Wildman–Crippen LogP) is 0.918. The number of hydrogen-bond donors (Lipinski definition) is 2. The first kappa shape index (κ1) is 11.0. The zero-order valence-electron chi connectivity index (χ0n) is 8.92. The molecule has 1 saturated heterocycles. The lowest BCUT2D eigenvalue weighted by Crippen LogP contribution is -2.34. The molecule has 15 heavy (non-hydrogen) atoms. The highest BCUT2D eigenvalue weighted by Crippen LogP contribution is 2.25. The van der Waals surface area contributed by atoms with Crippen LogP contribution in [0.25, 0.3) is 0 Å². The van der Waals surface area contributed by atoms with E-state index in [1.807, 2.05) is 0 Å². The van der Waals surface area contributed by atoms with Crippen molar-refractivity contribution in [3.63, 3.8) is 0 Å². The lowest BCUT2D eigenvalue weighted by Gasteiger charge is -2.16. The maximum atomic E-state index is 11.7. The second-order valence-corrected chi connectivity index (χ2v) is 5.35.